The molecular weight excluding hydrogens is 445 g/mol. The van der Waals surface area contributed by atoms with Gasteiger partial charge < -0.3 is 30.7 Å². The first-order valence-corrected chi connectivity index (χ1v) is 9.65. The monoisotopic (exact) mass is 468 g/mol. The molecule has 2 rings (SSSR count). The first-order valence-electron chi connectivity index (χ1n) is 9.65. The molecule has 0 aliphatic carbocycles. The maximum Gasteiger partial charge on any atom is 0.573 e. The van der Waals surface area contributed by atoms with Crippen molar-refractivity contribution in [2.45, 2.75) is 12.3 Å². The highest BCUT2D eigenvalue weighted by Crippen LogP contribution is 2.33. The second-order valence-corrected chi connectivity index (χ2v) is 6.71. The van der Waals surface area contributed by atoms with Crippen LogP contribution in [-0.4, -0.2) is 55.3 Å². The van der Waals surface area contributed by atoms with E-state index in [4.69, 9.17) is 15.6 Å². The molecule has 33 heavy (non-hydrogen) atoms. The van der Waals surface area contributed by atoms with Crippen LogP contribution in [0.2, 0.25) is 0 Å². The third kappa shape index (κ3) is 6.96. The summed E-state index contributed by atoms with van der Waals surface area (Å²) in [5.41, 5.74) is 6.30. The van der Waals surface area contributed by atoms with Crippen LogP contribution in [-0.2, 0) is 4.79 Å². The van der Waals surface area contributed by atoms with Gasteiger partial charge >= 0.3 is 6.36 Å². The molecule has 8 nitrogen and oxygen atoms in total. The van der Waals surface area contributed by atoms with Crippen LogP contribution >= 0.6 is 0 Å². The van der Waals surface area contributed by atoms with Crippen LogP contribution in [0.25, 0.3) is 12.2 Å². The number of nitrogens with one attached hydrogen (secondary N) is 1. The van der Waals surface area contributed by atoms with Gasteiger partial charge in [0.2, 0.25) is 11.8 Å². The molecule has 1 atom stereocenters. The molecule has 0 bridgehead atoms. The van der Waals surface area contributed by atoms with Crippen LogP contribution in [0.1, 0.15) is 33.0 Å². The maximum atomic E-state index is 12.6. The predicted octanol–water partition coefficient (Wildman–Crippen LogP) is 2.05. The minimum Gasteiger partial charge on any atom is -0.496 e. The van der Waals surface area contributed by atoms with Gasteiger partial charge in [-0.05, 0) is 35.4 Å². The number of halogens is 3. The van der Waals surface area contributed by atoms with Crippen molar-refractivity contribution in [2.24, 2.45) is 5.73 Å². The Morgan fingerprint density at radius 2 is 1.79 bits per heavy atom. The summed E-state index contributed by atoms with van der Waals surface area (Å²) in [6, 6.07) is 7.83. The van der Waals surface area contributed by atoms with Crippen molar-refractivity contribution in [3.63, 3.8) is 0 Å². The molecule has 0 aliphatic rings. The minimum absolute atomic E-state index is 0.0254. The number of hydrogen-bond donors (Lipinski definition) is 4. The van der Waals surface area contributed by atoms with Gasteiger partial charge in [0.1, 0.15) is 11.5 Å². The number of aliphatic hydroxyl groups is 2. The number of carbonyl (C=O) groups is 2. The normalized spacial score (nSPS) is 12.4. The van der Waals surface area contributed by atoms with E-state index < -0.39 is 36.5 Å². The zero-order chi connectivity index (χ0) is 24.6. The maximum absolute atomic E-state index is 12.6. The summed E-state index contributed by atoms with van der Waals surface area (Å²) in [7, 11) is 1.36. The first kappa shape index (κ1) is 25.7. The number of rotatable bonds is 10. The van der Waals surface area contributed by atoms with Crippen LogP contribution in [0.5, 0.6) is 11.5 Å². The van der Waals surface area contributed by atoms with E-state index in [1.54, 1.807) is 0 Å². The fourth-order valence-electron chi connectivity index (χ4n) is 3.12. The van der Waals surface area contributed by atoms with Gasteiger partial charge in [-0.15, -0.1) is 13.2 Å². The van der Waals surface area contributed by atoms with E-state index in [2.05, 4.69) is 10.1 Å². The molecule has 2 aromatic carbocycles. The number of amides is 2. The highest BCUT2D eigenvalue weighted by atomic mass is 19.4. The zero-order valence-electron chi connectivity index (χ0n) is 17.6. The van der Waals surface area contributed by atoms with Gasteiger partial charge in [0.25, 0.3) is 0 Å². The number of primary amides is 1. The van der Waals surface area contributed by atoms with Gasteiger partial charge in [-0.2, -0.15) is 0 Å². The van der Waals surface area contributed by atoms with Crippen molar-refractivity contribution in [2.75, 3.05) is 26.9 Å². The molecule has 2 aromatic rings. The average Bonchev–Trinajstić information content (AvgIpc) is 2.76. The molecule has 5 N–H and O–H groups in total. The standard InChI is InChI=1S/C22H23F3N2O6/c1-32-18-9-8-16(20(26)30)19(17(12-29)21(31)27-10-11-28)15(18)7-4-13-2-5-14(6-3-13)33-22(23,24)25/h2-9,17,28-29H,10-12H2,1H3,(H2,26,30)(H,27,31)/b7-4+/t17-/m1/s1. The molecule has 2 amide bonds. The number of hydrogen-bond acceptors (Lipinski definition) is 6. The van der Waals surface area contributed by atoms with Crippen molar-refractivity contribution in [3.05, 3.63) is 58.7 Å². The lowest BCUT2D eigenvalue weighted by Gasteiger charge is -2.21. The number of alkyl halides is 3. The largest absolute Gasteiger partial charge is 0.573 e. The van der Waals surface area contributed by atoms with E-state index in [0.29, 0.717) is 5.56 Å². The van der Waals surface area contributed by atoms with E-state index in [1.807, 2.05) is 0 Å². The molecule has 0 fully saturated rings. The summed E-state index contributed by atoms with van der Waals surface area (Å²) in [4.78, 5) is 24.6. The summed E-state index contributed by atoms with van der Waals surface area (Å²) < 4.78 is 46.2. The van der Waals surface area contributed by atoms with Gasteiger partial charge in [-0.1, -0.05) is 24.3 Å². The molecule has 0 unspecified atom stereocenters. The Balaban J connectivity index is 2.53. The van der Waals surface area contributed by atoms with Crippen LogP contribution in [0, 0.1) is 0 Å². The Kier molecular flexibility index (Phi) is 8.83. The zero-order valence-corrected chi connectivity index (χ0v) is 17.6. The van der Waals surface area contributed by atoms with Gasteiger partial charge in [-0.25, -0.2) is 0 Å². The third-order valence-corrected chi connectivity index (χ3v) is 4.55. The van der Waals surface area contributed by atoms with Crippen LogP contribution in [0.4, 0.5) is 13.2 Å². The van der Waals surface area contributed by atoms with E-state index in [-0.39, 0.29) is 35.6 Å². The van der Waals surface area contributed by atoms with Gasteiger partial charge in [0.05, 0.1) is 26.2 Å². The van der Waals surface area contributed by atoms with Gasteiger partial charge in [0, 0.05) is 17.7 Å². The summed E-state index contributed by atoms with van der Waals surface area (Å²) in [6.45, 7) is -1.07. The lowest BCUT2D eigenvalue weighted by molar-refractivity contribution is -0.274. The lowest BCUT2D eigenvalue weighted by Crippen LogP contribution is -2.34. The molecule has 0 radical (unpaired) electrons. The Labute approximate surface area is 187 Å². The smallest absolute Gasteiger partial charge is 0.496 e. The molecule has 178 valence electrons. The lowest BCUT2D eigenvalue weighted by atomic mass is 9.87. The fraction of sp³-hybridized carbons (Fsp3) is 0.273. The molecule has 0 aromatic heterocycles. The summed E-state index contributed by atoms with van der Waals surface area (Å²) >= 11 is 0. The fourth-order valence-corrected chi connectivity index (χ4v) is 3.12. The van der Waals surface area contributed by atoms with Crippen LogP contribution < -0.4 is 20.5 Å². The van der Waals surface area contributed by atoms with Gasteiger partial charge in [0.15, 0.2) is 0 Å². The van der Waals surface area contributed by atoms with Crippen molar-refractivity contribution in [1.82, 2.24) is 5.32 Å². The number of carbonyl (C=O) groups excluding carboxylic acids is 2. The van der Waals surface area contributed by atoms with E-state index in [0.717, 1.165) is 12.1 Å². The Morgan fingerprint density at radius 3 is 2.30 bits per heavy atom. The Bertz CT molecular complexity index is 1010. The number of nitrogens with two attached hydrogens (primary N) is 1. The number of aliphatic hydroxyl groups excluding tert-OH is 2. The quantitative estimate of drug-likeness (QED) is 0.395. The minimum atomic E-state index is -4.81. The molecule has 0 aliphatic heterocycles. The second kappa shape index (κ2) is 11.3. The van der Waals surface area contributed by atoms with Crippen molar-refractivity contribution >= 4 is 24.0 Å². The van der Waals surface area contributed by atoms with Gasteiger partial charge in [-0.3, -0.25) is 9.59 Å². The van der Waals surface area contributed by atoms with E-state index >= 15 is 0 Å². The van der Waals surface area contributed by atoms with Crippen LogP contribution in [0.3, 0.4) is 0 Å². The van der Waals surface area contributed by atoms with E-state index in [1.165, 1.54) is 43.5 Å². The Morgan fingerprint density at radius 1 is 1.12 bits per heavy atom. The third-order valence-electron chi connectivity index (χ3n) is 4.55. The summed E-state index contributed by atoms with van der Waals surface area (Å²) in [5, 5.41) is 21.3. The molecule has 11 heteroatoms. The second-order valence-electron chi connectivity index (χ2n) is 6.71. The SMILES string of the molecule is COc1ccc(C(N)=O)c([C@@H](CO)C(=O)NCCO)c1/C=C/c1ccc(OC(F)(F)F)cc1. The first-order chi connectivity index (χ1) is 15.6. The van der Waals surface area contributed by atoms with Crippen molar-refractivity contribution in [1.29, 1.82) is 0 Å². The molecular formula is C22H23F3N2O6. The molecule has 0 saturated carbocycles. The number of ether oxygens (including phenoxy) is 2. The molecule has 0 spiro atoms. The number of benzene rings is 2. The predicted molar refractivity (Wildman–Crippen MR) is 113 cm³/mol. The highest BCUT2D eigenvalue weighted by Gasteiger charge is 2.31. The average molecular weight is 468 g/mol. The summed E-state index contributed by atoms with van der Waals surface area (Å²) in [6.07, 6.45) is -1.81. The van der Waals surface area contributed by atoms with Crippen molar-refractivity contribution < 1.29 is 42.4 Å². The topological polar surface area (TPSA) is 131 Å². The van der Waals surface area contributed by atoms with Crippen molar-refractivity contribution in [3.8, 4) is 11.5 Å². The number of methoxy groups -OCH3 is 1. The Hall–Kier alpha value is -3.57. The molecule has 0 saturated heterocycles. The van der Waals surface area contributed by atoms with Crippen LogP contribution in [0.15, 0.2) is 36.4 Å². The van der Waals surface area contributed by atoms with E-state index in [9.17, 15) is 27.9 Å². The molecule has 0 heterocycles. The summed E-state index contributed by atoms with van der Waals surface area (Å²) in [5.74, 6) is -2.84. The highest BCUT2D eigenvalue weighted by molar-refractivity contribution is 5.99.